The van der Waals surface area contributed by atoms with E-state index in [0.29, 0.717) is 16.9 Å². The summed E-state index contributed by atoms with van der Waals surface area (Å²) in [5.74, 6) is -1.05. The zero-order valence-electron chi connectivity index (χ0n) is 12.6. The van der Waals surface area contributed by atoms with Crippen LogP contribution in [-0.4, -0.2) is 21.2 Å². The Labute approximate surface area is 132 Å². The lowest BCUT2D eigenvalue weighted by molar-refractivity contribution is -0.120. The van der Waals surface area contributed by atoms with Gasteiger partial charge < -0.3 is 15.5 Å². The molecule has 0 fully saturated rings. The van der Waals surface area contributed by atoms with Crippen LogP contribution in [0.2, 0.25) is 0 Å². The summed E-state index contributed by atoms with van der Waals surface area (Å²) >= 11 is 0. The number of primary amides is 1. The number of aryl methyl sites for hydroxylation is 1. The molecule has 6 nitrogen and oxygen atoms in total. The minimum absolute atomic E-state index is 0.276. The number of imidazole rings is 1. The van der Waals surface area contributed by atoms with Gasteiger partial charge in [-0.05, 0) is 24.6 Å². The van der Waals surface area contributed by atoms with Crippen molar-refractivity contribution in [1.29, 1.82) is 0 Å². The van der Waals surface area contributed by atoms with E-state index in [1.807, 2.05) is 34.9 Å². The summed E-state index contributed by atoms with van der Waals surface area (Å²) in [5, 5.41) is 2.66. The van der Waals surface area contributed by atoms with Crippen molar-refractivity contribution in [1.82, 2.24) is 14.7 Å². The molecule has 0 aliphatic carbocycles. The van der Waals surface area contributed by atoms with Crippen molar-refractivity contribution in [2.24, 2.45) is 5.73 Å². The third kappa shape index (κ3) is 2.78. The van der Waals surface area contributed by atoms with Crippen LogP contribution in [0.3, 0.4) is 0 Å². The number of amides is 2. The highest BCUT2D eigenvalue weighted by Gasteiger charge is 2.23. The van der Waals surface area contributed by atoms with E-state index in [0.717, 1.165) is 0 Å². The van der Waals surface area contributed by atoms with Gasteiger partial charge >= 0.3 is 0 Å². The molecule has 23 heavy (non-hydrogen) atoms. The summed E-state index contributed by atoms with van der Waals surface area (Å²) in [6.07, 6.45) is 1.83. The number of pyridine rings is 1. The lowest BCUT2D eigenvalue weighted by Crippen LogP contribution is -2.37. The highest BCUT2D eigenvalue weighted by atomic mass is 16.2. The van der Waals surface area contributed by atoms with E-state index in [4.69, 9.17) is 5.73 Å². The highest BCUT2D eigenvalue weighted by Crippen LogP contribution is 2.15. The predicted molar refractivity (Wildman–Crippen MR) is 85.8 cm³/mol. The monoisotopic (exact) mass is 308 g/mol. The minimum Gasteiger partial charge on any atom is -0.368 e. The third-order valence-corrected chi connectivity index (χ3v) is 3.68. The van der Waals surface area contributed by atoms with E-state index < -0.39 is 17.9 Å². The topological polar surface area (TPSA) is 89.5 Å². The molecule has 116 valence electrons. The van der Waals surface area contributed by atoms with Gasteiger partial charge in [0.25, 0.3) is 5.91 Å². The summed E-state index contributed by atoms with van der Waals surface area (Å²) in [6, 6.07) is 13.5. The van der Waals surface area contributed by atoms with Gasteiger partial charge in [-0.2, -0.15) is 0 Å². The van der Waals surface area contributed by atoms with Gasteiger partial charge in [0.15, 0.2) is 0 Å². The lowest BCUT2D eigenvalue weighted by atomic mass is 10.1. The first-order valence-corrected chi connectivity index (χ1v) is 7.16. The first kappa shape index (κ1) is 14.8. The number of aromatic nitrogens is 2. The molecule has 0 unspecified atom stereocenters. The highest BCUT2D eigenvalue weighted by molar-refractivity contribution is 5.97. The molecule has 2 amide bonds. The van der Waals surface area contributed by atoms with Gasteiger partial charge in [-0.3, -0.25) is 9.59 Å². The largest absolute Gasteiger partial charge is 0.368 e. The van der Waals surface area contributed by atoms with E-state index in [9.17, 15) is 9.59 Å². The minimum atomic E-state index is -0.895. The maximum atomic E-state index is 12.5. The first-order valence-electron chi connectivity index (χ1n) is 7.16. The van der Waals surface area contributed by atoms with Crippen LogP contribution in [-0.2, 0) is 4.79 Å². The number of carbonyl (C=O) groups is 2. The van der Waals surface area contributed by atoms with Crippen LogP contribution in [0, 0.1) is 6.92 Å². The van der Waals surface area contributed by atoms with Crippen molar-refractivity contribution in [2.75, 3.05) is 0 Å². The Balaban J connectivity index is 1.92. The average Bonchev–Trinajstić information content (AvgIpc) is 2.90. The standard InChI is InChI=1S/C17H16N4O2/c1-11-14(19-13-9-5-6-10-21(11)13)17(23)20-15(16(18)22)12-7-3-2-4-8-12/h2-10,15H,1H3,(H2,18,22)(H,20,23)/t15-/m0/s1. The first-order chi connectivity index (χ1) is 11.1. The molecule has 6 heteroatoms. The van der Waals surface area contributed by atoms with Crippen LogP contribution >= 0.6 is 0 Å². The fourth-order valence-corrected chi connectivity index (χ4v) is 2.50. The number of carbonyl (C=O) groups excluding carboxylic acids is 2. The fraction of sp³-hybridized carbons (Fsp3) is 0.118. The van der Waals surface area contributed by atoms with Crippen molar-refractivity contribution in [3.8, 4) is 0 Å². The molecule has 2 heterocycles. The molecule has 1 aromatic carbocycles. The number of rotatable bonds is 4. The molecule has 0 aliphatic rings. The number of nitrogens with one attached hydrogen (secondary N) is 1. The number of benzene rings is 1. The Hall–Kier alpha value is -3.15. The number of hydrogen-bond acceptors (Lipinski definition) is 3. The SMILES string of the molecule is Cc1c(C(=O)N[C@H](C(N)=O)c2ccccc2)nc2ccccn12. The Morgan fingerprint density at radius 1 is 1.13 bits per heavy atom. The summed E-state index contributed by atoms with van der Waals surface area (Å²) in [5.41, 5.74) is 7.71. The second-order valence-electron chi connectivity index (χ2n) is 5.19. The number of nitrogens with zero attached hydrogens (tertiary/aromatic N) is 2. The Morgan fingerprint density at radius 2 is 1.83 bits per heavy atom. The second-order valence-corrected chi connectivity index (χ2v) is 5.19. The van der Waals surface area contributed by atoms with E-state index in [1.165, 1.54) is 0 Å². The van der Waals surface area contributed by atoms with Crippen molar-refractivity contribution in [2.45, 2.75) is 13.0 Å². The van der Waals surface area contributed by atoms with Gasteiger partial charge in [-0.25, -0.2) is 4.98 Å². The van der Waals surface area contributed by atoms with E-state index in [2.05, 4.69) is 10.3 Å². The van der Waals surface area contributed by atoms with Gasteiger partial charge in [0.2, 0.25) is 5.91 Å². The maximum Gasteiger partial charge on any atom is 0.272 e. The number of fused-ring (bicyclic) bond motifs is 1. The van der Waals surface area contributed by atoms with Gasteiger partial charge in [-0.1, -0.05) is 36.4 Å². The van der Waals surface area contributed by atoms with Crippen LogP contribution in [0.1, 0.15) is 27.8 Å². The van der Waals surface area contributed by atoms with Crippen molar-refractivity contribution in [3.63, 3.8) is 0 Å². The number of hydrogen-bond donors (Lipinski definition) is 2. The van der Waals surface area contributed by atoms with Crippen LogP contribution in [0.25, 0.3) is 5.65 Å². The molecule has 3 rings (SSSR count). The molecule has 3 aromatic rings. The molecule has 0 bridgehead atoms. The van der Waals surface area contributed by atoms with E-state index in [1.54, 1.807) is 31.2 Å². The van der Waals surface area contributed by atoms with E-state index in [-0.39, 0.29) is 5.69 Å². The molecule has 0 radical (unpaired) electrons. The molecular weight excluding hydrogens is 292 g/mol. The quantitative estimate of drug-likeness (QED) is 0.767. The van der Waals surface area contributed by atoms with Crippen LogP contribution < -0.4 is 11.1 Å². The Morgan fingerprint density at radius 3 is 2.48 bits per heavy atom. The fourth-order valence-electron chi connectivity index (χ4n) is 2.50. The summed E-state index contributed by atoms with van der Waals surface area (Å²) in [4.78, 5) is 28.6. The zero-order chi connectivity index (χ0) is 16.4. The van der Waals surface area contributed by atoms with Gasteiger partial charge in [-0.15, -0.1) is 0 Å². The predicted octanol–water partition coefficient (Wildman–Crippen LogP) is 1.60. The summed E-state index contributed by atoms with van der Waals surface area (Å²) in [6.45, 7) is 1.80. The average molecular weight is 308 g/mol. The van der Waals surface area contributed by atoms with Crippen LogP contribution in [0.15, 0.2) is 54.7 Å². The Bertz CT molecular complexity index is 871. The summed E-state index contributed by atoms with van der Waals surface area (Å²) < 4.78 is 1.82. The van der Waals surface area contributed by atoms with E-state index >= 15 is 0 Å². The molecule has 0 saturated carbocycles. The molecule has 0 saturated heterocycles. The number of nitrogens with two attached hydrogens (primary N) is 1. The van der Waals surface area contributed by atoms with Crippen molar-refractivity contribution >= 4 is 17.5 Å². The normalized spacial score (nSPS) is 12.0. The van der Waals surface area contributed by atoms with Gasteiger partial charge in [0.05, 0.1) is 5.69 Å². The zero-order valence-corrected chi connectivity index (χ0v) is 12.6. The van der Waals surface area contributed by atoms with Crippen molar-refractivity contribution in [3.05, 3.63) is 71.7 Å². The molecule has 0 aliphatic heterocycles. The molecular formula is C17H16N4O2. The third-order valence-electron chi connectivity index (χ3n) is 3.68. The van der Waals surface area contributed by atoms with Gasteiger partial charge in [0.1, 0.15) is 17.4 Å². The second kappa shape index (κ2) is 5.92. The summed E-state index contributed by atoms with van der Waals surface area (Å²) in [7, 11) is 0. The lowest BCUT2D eigenvalue weighted by Gasteiger charge is -2.15. The van der Waals surface area contributed by atoms with Crippen molar-refractivity contribution < 1.29 is 9.59 Å². The molecule has 0 spiro atoms. The molecule has 3 N–H and O–H groups in total. The smallest absolute Gasteiger partial charge is 0.272 e. The molecule has 1 atom stereocenters. The van der Waals surface area contributed by atoms with Gasteiger partial charge in [0, 0.05) is 6.20 Å². The Kier molecular flexibility index (Phi) is 3.80. The molecule has 2 aromatic heterocycles. The maximum absolute atomic E-state index is 12.5. The van der Waals surface area contributed by atoms with Crippen LogP contribution in [0.4, 0.5) is 0 Å². The van der Waals surface area contributed by atoms with Crippen LogP contribution in [0.5, 0.6) is 0 Å².